The van der Waals surface area contributed by atoms with Crippen molar-refractivity contribution in [3.8, 4) is 11.1 Å². The molecule has 0 radical (unpaired) electrons. The zero-order chi connectivity index (χ0) is 18.6. The van der Waals surface area contributed by atoms with E-state index in [1.54, 1.807) is 16.3 Å². The second-order valence-corrected chi connectivity index (χ2v) is 7.48. The Balaban J connectivity index is 1.64. The van der Waals surface area contributed by atoms with Crippen molar-refractivity contribution in [2.24, 2.45) is 0 Å². The van der Waals surface area contributed by atoms with Gasteiger partial charge >= 0.3 is 0 Å². The Kier molecular flexibility index (Phi) is 5.07. The van der Waals surface area contributed by atoms with Gasteiger partial charge in [0.1, 0.15) is 5.82 Å². The molecule has 0 unspecified atom stereocenters. The zero-order valence-corrected chi connectivity index (χ0v) is 16.0. The number of rotatable bonds is 6. The van der Waals surface area contributed by atoms with Crippen molar-refractivity contribution in [3.63, 3.8) is 0 Å². The van der Waals surface area contributed by atoms with E-state index < -0.39 is 0 Å². The maximum atomic E-state index is 6.08. The van der Waals surface area contributed by atoms with Crippen molar-refractivity contribution in [1.82, 2.24) is 19.6 Å². The molecule has 0 saturated carbocycles. The quantitative estimate of drug-likeness (QED) is 0.521. The van der Waals surface area contributed by atoms with Crippen LogP contribution >= 0.6 is 11.8 Å². The Labute approximate surface area is 162 Å². The maximum Gasteiger partial charge on any atom is 0.224 e. The molecule has 0 fully saturated rings. The molecule has 0 aliphatic rings. The van der Waals surface area contributed by atoms with Crippen molar-refractivity contribution in [2.45, 2.75) is 36.0 Å². The van der Waals surface area contributed by atoms with Gasteiger partial charge in [-0.3, -0.25) is 0 Å². The summed E-state index contributed by atoms with van der Waals surface area (Å²) in [6.45, 7) is 2.15. The van der Waals surface area contributed by atoms with Gasteiger partial charge < -0.3 is 5.73 Å². The van der Waals surface area contributed by atoms with Crippen LogP contribution in [0, 0.1) is 0 Å². The van der Waals surface area contributed by atoms with Crippen molar-refractivity contribution in [3.05, 3.63) is 66.6 Å². The molecule has 0 bridgehead atoms. The van der Waals surface area contributed by atoms with Crippen LogP contribution in [0.15, 0.2) is 70.6 Å². The van der Waals surface area contributed by atoms with Gasteiger partial charge in [-0.05, 0) is 36.2 Å². The number of benzene rings is 2. The average molecular weight is 376 g/mol. The molecule has 2 aromatic heterocycles. The molecule has 2 N–H and O–H groups in total. The fourth-order valence-electron chi connectivity index (χ4n) is 2.92. The summed E-state index contributed by atoms with van der Waals surface area (Å²) in [5.74, 6) is 1.16. The van der Waals surface area contributed by atoms with Gasteiger partial charge in [0.25, 0.3) is 0 Å². The van der Waals surface area contributed by atoms with Gasteiger partial charge in [-0.25, -0.2) is 4.98 Å². The lowest BCUT2D eigenvalue weighted by Crippen LogP contribution is -2.07. The molecule has 0 aliphatic carbocycles. The first-order valence-electron chi connectivity index (χ1n) is 9.08. The standard InChI is InChI=1S/C21H21N5S/c1-2-3-9-19-24-20-18(14-23-26(20)21(22)25-19)15-10-12-17(13-11-15)27-16-7-5-4-6-8-16/h4-8,10-14H,2-3,9H2,1H3,(H2,22,24,25). The van der Waals surface area contributed by atoms with Gasteiger partial charge in [0.15, 0.2) is 5.65 Å². The van der Waals surface area contributed by atoms with E-state index in [0.717, 1.165) is 41.9 Å². The monoisotopic (exact) mass is 375 g/mol. The van der Waals surface area contributed by atoms with Crippen molar-refractivity contribution >= 4 is 23.4 Å². The van der Waals surface area contributed by atoms with Crippen molar-refractivity contribution in [1.29, 1.82) is 0 Å². The van der Waals surface area contributed by atoms with Crippen LogP contribution < -0.4 is 5.73 Å². The fraction of sp³-hybridized carbons (Fsp3) is 0.190. The van der Waals surface area contributed by atoms with Crippen LogP contribution in [0.25, 0.3) is 16.8 Å². The third kappa shape index (κ3) is 3.80. The molecule has 0 atom stereocenters. The van der Waals surface area contributed by atoms with Gasteiger partial charge in [-0.1, -0.05) is 55.4 Å². The third-order valence-electron chi connectivity index (χ3n) is 4.34. The normalized spacial score (nSPS) is 11.1. The first kappa shape index (κ1) is 17.5. The fourth-order valence-corrected chi connectivity index (χ4v) is 3.76. The molecular formula is C21H21N5S. The number of nitrogens with two attached hydrogens (primary N) is 1. The molecule has 0 saturated heterocycles. The van der Waals surface area contributed by atoms with Gasteiger partial charge in [-0.2, -0.15) is 14.6 Å². The van der Waals surface area contributed by atoms with Crippen LogP contribution in [0.5, 0.6) is 0 Å². The number of aryl methyl sites for hydroxylation is 1. The lowest BCUT2D eigenvalue weighted by Gasteiger charge is -2.05. The molecule has 2 heterocycles. The largest absolute Gasteiger partial charge is 0.368 e. The Morgan fingerprint density at radius 3 is 2.44 bits per heavy atom. The molecule has 6 heteroatoms. The number of unbranched alkanes of at least 4 members (excludes halogenated alkanes) is 1. The second kappa shape index (κ2) is 7.80. The topological polar surface area (TPSA) is 69.1 Å². The van der Waals surface area contributed by atoms with Crippen molar-refractivity contribution < 1.29 is 0 Å². The summed E-state index contributed by atoms with van der Waals surface area (Å²) < 4.78 is 1.61. The van der Waals surface area contributed by atoms with Gasteiger partial charge in [0.2, 0.25) is 5.95 Å². The smallest absolute Gasteiger partial charge is 0.224 e. The van der Waals surface area contributed by atoms with E-state index in [1.165, 1.54) is 9.79 Å². The van der Waals surface area contributed by atoms with E-state index >= 15 is 0 Å². The molecular weight excluding hydrogens is 354 g/mol. The van der Waals surface area contributed by atoms with Crippen LogP contribution in [0.1, 0.15) is 25.6 Å². The predicted molar refractivity (Wildman–Crippen MR) is 110 cm³/mol. The number of hydrogen-bond acceptors (Lipinski definition) is 5. The van der Waals surface area contributed by atoms with Gasteiger partial charge in [-0.15, -0.1) is 0 Å². The summed E-state index contributed by atoms with van der Waals surface area (Å²) >= 11 is 1.74. The van der Waals surface area contributed by atoms with E-state index in [-0.39, 0.29) is 0 Å². The number of nitrogen functional groups attached to an aromatic ring is 1. The highest BCUT2D eigenvalue weighted by molar-refractivity contribution is 7.99. The Bertz CT molecular complexity index is 1040. The number of aromatic nitrogens is 4. The van der Waals surface area contributed by atoms with Gasteiger partial charge in [0, 0.05) is 21.8 Å². The number of anilines is 1. The molecule has 5 nitrogen and oxygen atoms in total. The highest BCUT2D eigenvalue weighted by Gasteiger charge is 2.13. The predicted octanol–water partition coefficient (Wildman–Crippen LogP) is 4.87. The summed E-state index contributed by atoms with van der Waals surface area (Å²) in [5, 5.41) is 4.37. The number of fused-ring (bicyclic) bond motifs is 1. The first-order valence-corrected chi connectivity index (χ1v) is 9.89. The zero-order valence-electron chi connectivity index (χ0n) is 15.2. The minimum Gasteiger partial charge on any atom is -0.368 e. The highest BCUT2D eigenvalue weighted by atomic mass is 32.2. The summed E-state index contributed by atoms with van der Waals surface area (Å²) in [5.41, 5.74) is 8.88. The summed E-state index contributed by atoms with van der Waals surface area (Å²) in [6, 6.07) is 18.8. The average Bonchev–Trinajstić information content (AvgIpc) is 3.12. The maximum absolute atomic E-state index is 6.08. The molecule has 27 heavy (non-hydrogen) atoms. The van der Waals surface area contributed by atoms with Gasteiger partial charge in [0.05, 0.1) is 6.20 Å². The lowest BCUT2D eigenvalue weighted by molar-refractivity contribution is 0.743. The molecule has 136 valence electrons. The summed E-state index contributed by atoms with van der Waals surface area (Å²) in [4.78, 5) is 11.5. The summed E-state index contributed by atoms with van der Waals surface area (Å²) in [7, 11) is 0. The van der Waals surface area contributed by atoms with Crippen LogP contribution in [-0.2, 0) is 6.42 Å². The van der Waals surface area contributed by atoms with Crippen LogP contribution in [-0.4, -0.2) is 19.6 Å². The Morgan fingerprint density at radius 2 is 1.70 bits per heavy atom. The van der Waals surface area contributed by atoms with E-state index in [0.29, 0.717) is 5.95 Å². The van der Waals surface area contributed by atoms with E-state index in [9.17, 15) is 0 Å². The van der Waals surface area contributed by atoms with E-state index in [1.807, 2.05) is 12.3 Å². The highest BCUT2D eigenvalue weighted by Crippen LogP contribution is 2.30. The molecule has 0 aliphatic heterocycles. The summed E-state index contributed by atoms with van der Waals surface area (Å²) in [6.07, 6.45) is 4.78. The minimum absolute atomic E-state index is 0.383. The first-order chi connectivity index (χ1) is 13.2. The molecule has 2 aromatic carbocycles. The third-order valence-corrected chi connectivity index (χ3v) is 5.35. The second-order valence-electron chi connectivity index (χ2n) is 6.33. The Morgan fingerprint density at radius 1 is 0.963 bits per heavy atom. The number of nitrogens with zero attached hydrogens (tertiary/aromatic N) is 4. The minimum atomic E-state index is 0.383. The van der Waals surface area contributed by atoms with Crippen LogP contribution in [0.3, 0.4) is 0 Å². The Hall–Kier alpha value is -2.86. The molecule has 0 spiro atoms. The number of hydrogen-bond donors (Lipinski definition) is 1. The SMILES string of the molecule is CCCCc1nc(N)n2ncc(-c3ccc(Sc4ccccc4)cc3)c2n1. The molecule has 4 aromatic rings. The van der Waals surface area contributed by atoms with Crippen LogP contribution in [0.2, 0.25) is 0 Å². The van der Waals surface area contributed by atoms with Crippen LogP contribution in [0.4, 0.5) is 5.95 Å². The lowest BCUT2D eigenvalue weighted by atomic mass is 10.1. The van der Waals surface area contributed by atoms with E-state index in [2.05, 4.69) is 65.5 Å². The van der Waals surface area contributed by atoms with E-state index in [4.69, 9.17) is 10.7 Å². The molecule has 4 rings (SSSR count). The molecule has 0 amide bonds. The van der Waals surface area contributed by atoms with Crippen molar-refractivity contribution in [2.75, 3.05) is 5.73 Å².